The Bertz CT molecular complexity index is 469. The van der Waals surface area contributed by atoms with Crippen molar-refractivity contribution >= 4 is 5.97 Å². The monoisotopic (exact) mass is 440 g/mol. The Labute approximate surface area is 202 Å². The molecule has 0 aromatic heterocycles. The molecule has 0 aromatic rings. The maximum absolute atomic E-state index is 10.3. The SMILES string of the molecule is CCCCCCCC/C=C\CCCCCCCC(=O)O.[K+].[O]=[Mn](=[O])(=[O])[O-]. The van der Waals surface area contributed by atoms with Crippen molar-refractivity contribution in [2.75, 3.05) is 0 Å². The molecule has 6 nitrogen and oxygen atoms in total. The molecule has 0 saturated heterocycles. The quantitative estimate of drug-likeness (QED) is 0.235. The number of unbranched alkanes of at least 4 members (excludes halogenated alkanes) is 11. The van der Waals surface area contributed by atoms with E-state index in [0.717, 1.165) is 12.8 Å². The molecule has 0 heterocycles. The Morgan fingerprint density at radius 2 is 1.15 bits per heavy atom. The average Bonchev–Trinajstić information content (AvgIpc) is 2.49. The fourth-order valence-electron chi connectivity index (χ4n) is 2.35. The van der Waals surface area contributed by atoms with Crippen LogP contribution < -0.4 is 55.6 Å². The van der Waals surface area contributed by atoms with E-state index >= 15 is 0 Å². The van der Waals surface area contributed by atoms with Crippen molar-refractivity contribution in [3.05, 3.63) is 12.2 Å². The van der Waals surface area contributed by atoms with Crippen molar-refractivity contribution in [3.8, 4) is 0 Å². The summed E-state index contributed by atoms with van der Waals surface area (Å²) in [5.74, 6) is -0.664. The fraction of sp³-hybridized carbons (Fsp3) is 0.833. The number of aliphatic carboxylic acids is 1. The molecule has 26 heavy (non-hydrogen) atoms. The van der Waals surface area contributed by atoms with Gasteiger partial charge in [-0.25, -0.2) is 0 Å². The van der Waals surface area contributed by atoms with Crippen LogP contribution in [0.15, 0.2) is 12.2 Å². The first kappa shape index (κ1) is 31.4. The van der Waals surface area contributed by atoms with Gasteiger partial charge >= 0.3 is 86.0 Å². The predicted molar refractivity (Wildman–Crippen MR) is 89.1 cm³/mol. The Kier molecular flexibility index (Phi) is 28.7. The van der Waals surface area contributed by atoms with Crippen LogP contribution in [0.1, 0.15) is 96.8 Å². The van der Waals surface area contributed by atoms with Gasteiger partial charge in [0, 0.05) is 6.42 Å². The zero-order valence-corrected chi connectivity index (χ0v) is 20.7. The van der Waals surface area contributed by atoms with E-state index < -0.39 is 18.9 Å². The second kappa shape index (κ2) is 23.8. The molecule has 0 spiro atoms. The van der Waals surface area contributed by atoms with Gasteiger partial charge in [0.05, 0.1) is 0 Å². The predicted octanol–water partition coefficient (Wildman–Crippen LogP) is 1.56. The zero-order chi connectivity index (χ0) is 19.4. The Morgan fingerprint density at radius 1 is 0.808 bits per heavy atom. The van der Waals surface area contributed by atoms with E-state index in [1.165, 1.54) is 70.6 Å². The van der Waals surface area contributed by atoms with Crippen LogP contribution in [-0.4, -0.2) is 11.1 Å². The fourth-order valence-corrected chi connectivity index (χ4v) is 2.35. The summed E-state index contributed by atoms with van der Waals surface area (Å²) in [6.07, 6.45) is 21.2. The van der Waals surface area contributed by atoms with E-state index in [-0.39, 0.29) is 51.4 Å². The van der Waals surface area contributed by atoms with Gasteiger partial charge in [0.2, 0.25) is 0 Å². The van der Waals surface area contributed by atoms with E-state index in [4.69, 9.17) is 20.8 Å². The molecule has 0 aliphatic carbocycles. The molecule has 150 valence electrons. The van der Waals surface area contributed by atoms with Crippen molar-refractivity contribution in [3.63, 3.8) is 0 Å². The van der Waals surface area contributed by atoms with Crippen molar-refractivity contribution in [2.45, 2.75) is 96.8 Å². The molecule has 0 aliphatic rings. The van der Waals surface area contributed by atoms with Crippen LogP contribution in [0.25, 0.3) is 0 Å². The molecule has 0 saturated carbocycles. The van der Waals surface area contributed by atoms with Crippen LogP contribution >= 0.6 is 0 Å². The molecule has 0 fully saturated rings. The second-order valence-electron chi connectivity index (χ2n) is 6.11. The van der Waals surface area contributed by atoms with Gasteiger partial charge in [-0.2, -0.15) is 0 Å². The summed E-state index contributed by atoms with van der Waals surface area (Å²) in [6, 6.07) is 0. The average molecular weight is 440 g/mol. The number of allylic oxidation sites excluding steroid dienone is 2. The van der Waals surface area contributed by atoms with Gasteiger partial charge in [-0.3, -0.25) is 4.79 Å². The molecule has 0 unspecified atom stereocenters. The second-order valence-corrected chi connectivity index (χ2v) is 7.29. The summed E-state index contributed by atoms with van der Waals surface area (Å²) in [5, 5.41) is 8.51. The van der Waals surface area contributed by atoms with Crippen LogP contribution in [0.4, 0.5) is 0 Å². The summed E-state index contributed by atoms with van der Waals surface area (Å²) in [5.41, 5.74) is 0. The Hall–Kier alpha value is 0.726. The van der Waals surface area contributed by atoms with Crippen molar-refractivity contribution < 1.29 is 89.9 Å². The van der Waals surface area contributed by atoms with E-state index in [2.05, 4.69) is 19.1 Å². The zero-order valence-electron chi connectivity index (χ0n) is 16.4. The van der Waals surface area contributed by atoms with Gasteiger partial charge in [0.15, 0.2) is 0 Å². The third-order valence-electron chi connectivity index (χ3n) is 3.65. The molecule has 0 aliphatic heterocycles. The van der Waals surface area contributed by atoms with E-state index in [1.54, 1.807) is 0 Å². The molecule has 0 bridgehead atoms. The van der Waals surface area contributed by atoms with Crippen molar-refractivity contribution in [1.82, 2.24) is 0 Å². The number of hydrogen-bond acceptors (Lipinski definition) is 5. The summed E-state index contributed by atoms with van der Waals surface area (Å²) >= 11 is -5.62. The van der Waals surface area contributed by atoms with Gasteiger partial charge in [0.25, 0.3) is 0 Å². The Morgan fingerprint density at radius 3 is 1.54 bits per heavy atom. The molecule has 1 N–H and O–H groups in total. The summed E-state index contributed by atoms with van der Waals surface area (Å²) < 4.78 is 34.3. The van der Waals surface area contributed by atoms with Gasteiger partial charge in [0.1, 0.15) is 0 Å². The van der Waals surface area contributed by atoms with Crippen LogP contribution in [0.2, 0.25) is 0 Å². The van der Waals surface area contributed by atoms with E-state index in [1.807, 2.05) is 0 Å². The first-order chi connectivity index (χ1) is 11.8. The molecule has 8 heteroatoms. The Balaban J connectivity index is -0.000000772. The van der Waals surface area contributed by atoms with Crippen LogP contribution in [0.5, 0.6) is 0 Å². The maximum atomic E-state index is 10.3. The first-order valence-electron chi connectivity index (χ1n) is 9.26. The van der Waals surface area contributed by atoms with E-state index in [0.29, 0.717) is 6.42 Å². The van der Waals surface area contributed by atoms with Crippen LogP contribution in [0.3, 0.4) is 0 Å². The molecular weight excluding hydrogens is 406 g/mol. The number of carboxylic acids is 1. The minimum atomic E-state index is -5.62. The molecule has 0 radical (unpaired) electrons. The number of carbonyl (C=O) groups is 1. The number of hydrogen-bond donors (Lipinski definition) is 1. The standard InChI is InChI=1S/C18H34O2.K.Mn.4O/c1-2-3-4-5-6-7-8-9-10-11-12-13-14-15-16-17-18(19)20;;;;;;/h9-10H,2-8,11-17H2,1H3,(H,19,20);;;;;;/q;+1;;;;;-1/b10-9-;;;;;;. The molecule has 0 atom stereocenters. The third-order valence-corrected chi connectivity index (χ3v) is 3.65. The topological polar surface area (TPSA) is 112 Å². The molecule has 0 aromatic carbocycles. The third kappa shape index (κ3) is 44.3. The summed E-state index contributed by atoms with van der Waals surface area (Å²) in [6.45, 7) is 2.26. The summed E-state index contributed by atoms with van der Waals surface area (Å²) in [7, 11) is 0. The van der Waals surface area contributed by atoms with E-state index in [9.17, 15) is 4.79 Å². The number of rotatable bonds is 15. The van der Waals surface area contributed by atoms with Crippen molar-refractivity contribution in [2.24, 2.45) is 0 Å². The van der Waals surface area contributed by atoms with Gasteiger partial charge in [-0.15, -0.1) is 0 Å². The van der Waals surface area contributed by atoms with Gasteiger partial charge in [-0.1, -0.05) is 70.4 Å². The van der Waals surface area contributed by atoms with Gasteiger partial charge in [-0.05, 0) is 32.1 Å². The number of carboxylic acid groups (broad SMARTS) is 1. The summed E-state index contributed by atoms with van der Waals surface area (Å²) in [4.78, 5) is 10.3. The van der Waals surface area contributed by atoms with Crippen LogP contribution in [-0.2, 0) is 29.3 Å². The molecule has 0 amide bonds. The van der Waals surface area contributed by atoms with Gasteiger partial charge < -0.3 is 5.11 Å². The molecule has 0 rings (SSSR count). The minimum absolute atomic E-state index is 0. The van der Waals surface area contributed by atoms with Crippen molar-refractivity contribution in [1.29, 1.82) is 0 Å². The van der Waals surface area contributed by atoms with Crippen LogP contribution in [0, 0.1) is 0 Å². The first-order valence-corrected chi connectivity index (χ1v) is 11.2. The molecular formula is C18H34KMnO6. The normalized spacial score (nSPS) is 10.8.